The molecular weight excluding hydrogens is 112 g/mol. The number of hydrogen-bond acceptors (Lipinski definition) is 1. The van der Waals surface area contributed by atoms with E-state index >= 15 is 0 Å². The first-order valence-electron chi connectivity index (χ1n) is 2.71. The van der Waals surface area contributed by atoms with E-state index in [1.54, 1.807) is 6.34 Å². The van der Waals surface area contributed by atoms with Crippen LogP contribution < -0.4 is 5.32 Å². The first-order valence-corrected chi connectivity index (χ1v) is 2.71. The van der Waals surface area contributed by atoms with Crippen LogP contribution in [-0.2, 0) is 0 Å². The van der Waals surface area contributed by atoms with E-state index in [2.05, 4.69) is 16.4 Å². The van der Waals surface area contributed by atoms with Crippen molar-refractivity contribution in [1.82, 2.24) is 5.32 Å². The maximum Gasteiger partial charge on any atom is 0.116 e. The van der Waals surface area contributed by atoms with Crippen LogP contribution in [0.2, 0.25) is 0 Å². The summed E-state index contributed by atoms with van der Waals surface area (Å²) in [6.07, 6.45) is 1.54. The molecule has 0 N–H and O–H groups in total. The molecule has 0 fully saturated rings. The highest BCUT2D eigenvalue weighted by Crippen LogP contribution is 2.26. The summed E-state index contributed by atoms with van der Waals surface area (Å²) in [5.41, 5.74) is 1.76. The lowest BCUT2D eigenvalue weighted by Gasteiger charge is -1.89. The van der Waals surface area contributed by atoms with Crippen LogP contribution in [0.5, 0.6) is 0 Å². The summed E-state index contributed by atoms with van der Waals surface area (Å²) in [4.78, 5) is 3.98. The Hall–Kier alpha value is -1.31. The largest absolute Gasteiger partial charge is 0.235 e. The van der Waals surface area contributed by atoms with Gasteiger partial charge in [-0.05, 0) is 6.07 Å². The second-order valence-corrected chi connectivity index (χ2v) is 1.78. The maximum atomic E-state index is 3.98. The molecule has 0 aliphatic carbocycles. The highest BCUT2D eigenvalue weighted by atomic mass is 15.0. The highest BCUT2D eigenvalue weighted by molar-refractivity contribution is 5.80. The monoisotopic (exact) mass is 116 g/mol. The lowest BCUT2D eigenvalue weighted by Crippen LogP contribution is -1.83. The van der Waals surface area contributed by atoms with Gasteiger partial charge in [0.05, 0.1) is 11.4 Å². The summed E-state index contributed by atoms with van der Waals surface area (Å²) in [7, 11) is 0. The zero-order valence-electron chi connectivity index (χ0n) is 4.70. The number of benzene rings is 1. The van der Waals surface area contributed by atoms with Gasteiger partial charge >= 0.3 is 0 Å². The Morgan fingerprint density at radius 3 is 3.33 bits per heavy atom. The second kappa shape index (κ2) is 1.58. The third-order valence-corrected chi connectivity index (χ3v) is 1.20. The Morgan fingerprint density at radius 2 is 2.44 bits per heavy atom. The first kappa shape index (κ1) is 4.56. The van der Waals surface area contributed by atoms with Gasteiger partial charge in [-0.3, -0.25) is 0 Å². The molecule has 0 unspecified atom stereocenters. The Kier molecular flexibility index (Phi) is 0.803. The zero-order valence-corrected chi connectivity index (χ0v) is 4.70. The summed E-state index contributed by atoms with van der Waals surface area (Å²) >= 11 is 0. The fourth-order valence-electron chi connectivity index (χ4n) is 0.776. The Morgan fingerprint density at radius 1 is 1.44 bits per heavy atom. The number of para-hydroxylation sites is 1. The van der Waals surface area contributed by atoms with Crippen LogP contribution in [0, 0.1) is 6.07 Å². The van der Waals surface area contributed by atoms with Crippen molar-refractivity contribution in [1.29, 1.82) is 0 Å². The van der Waals surface area contributed by atoms with Crippen molar-refractivity contribution < 1.29 is 0 Å². The van der Waals surface area contributed by atoms with Crippen LogP contribution in [0.25, 0.3) is 0 Å². The molecule has 2 radical (unpaired) electrons. The number of nitrogens with zero attached hydrogens (tertiary/aromatic N) is 2. The molecule has 0 saturated heterocycles. The summed E-state index contributed by atoms with van der Waals surface area (Å²) in [5.74, 6) is 0. The summed E-state index contributed by atoms with van der Waals surface area (Å²) < 4.78 is 0. The van der Waals surface area contributed by atoms with Crippen LogP contribution in [-0.4, -0.2) is 6.34 Å². The van der Waals surface area contributed by atoms with Crippen molar-refractivity contribution in [2.75, 3.05) is 0 Å². The molecular formula is C7H4N2. The molecule has 2 rings (SSSR count). The van der Waals surface area contributed by atoms with E-state index in [0.29, 0.717) is 0 Å². The second-order valence-electron chi connectivity index (χ2n) is 1.78. The molecule has 1 aliphatic rings. The van der Waals surface area contributed by atoms with E-state index in [9.17, 15) is 0 Å². The smallest absolute Gasteiger partial charge is 0.116 e. The predicted molar refractivity (Wildman–Crippen MR) is 35.2 cm³/mol. The maximum absolute atomic E-state index is 3.98. The van der Waals surface area contributed by atoms with Crippen LogP contribution in [0.4, 0.5) is 11.4 Å². The molecule has 0 amide bonds. The van der Waals surface area contributed by atoms with Crippen molar-refractivity contribution in [3.05, 3.63) is 24.3 Å². The van der Waals surface area contributed by atoms with E-state index in [1.807, 2.05) is 18.2 Å². The van der Waals surface area contributed by atoms with Gasteiger partial charge in [0.2, 0.25) is 0 Å². The van der Waals surface area contributed by atoms with Crippen LogP contribution >= 0.6 is 0 Å². The van der Waals surface area contributed by atoms with Crippen LogP contribution in [0.1, 0.15) is 0 Å². The van der Waals surface area contributed by atoms with Gasteiger partial charge in [-0.1, -0.05) is 12.1 Å². The molecule has 42 valence electrons. The molecule has 0 spiro atoms. The summed E-state index contributed by atoms with van der Waals surface area (Å²) in [6.45, 7) is 0. The van der Waals surface area contributed by atoms with Gasteiger partial charge in [-0.15, -0.1) is 0 Å². The lowest BCUT2D eigenvalue weighted by molar-refractivity contribution is 1.35. The quantitative estimate of drug-likeness (QED) is 0.489. The third kappa shape index (κ3) is 0.598. The molecule has 2 nitrogen and oxygen atoms in total. The van der Waals surface area contributed by atoms with Gasteiger partial charge in [0.15, 0.2) is 0 Å². The Balaban J connectivity index is 2.63. The molecule has 0 aromatic heterocycles. The average molecular weight is 116 g/mol. The molecule has 1 heterocycles. The van der Waals surface area contributed by atoms with Crippen LogP contribution in [0.15, 0.2) is 23.2 Å². The van der Waals surface area contributed by atoms with Crippen molar-refractivity contribution in [2.45, 2.75) is 0 Å². The third-order valence-electron chi connectivity index (χ3n) is 1.20. The fourth-order valence-corrected chi connectivity index (χ4v) is 0.776. The number of aliphatic imine (C=N–C) groups is 1. The van der Waals surface area contributed by atoms with Crippen molar-refractivity contribution in [3.8, 4) is 0 Å². The number of hydrogen-bond donors (Lipinski definition) is 0. The highest BCUT2D eigenvalue weighted by Gasteiger charge is 2.03. The molecule has 1 aromatic carbocycles. The first-order chi connectivity index (χ1) is 4.47. The lowest BCUT2D eigenvalue weighted by atomic mass is 10.3. The van der Waals surface area contributed by atoms with Crippen molar-refractivity contribution >= 4 is 17.7 Å². The summed E-state index contributed by atoms with van der Waals surface area (Å²) in [6, 6.07) is 8.60. The van der Waals surface area contributed by atoms with Crippen LogP contribution in [0.3, 0.4) is 0 Å². The van der Waals surface area contributed by atoms with Gasteiger partial charge in [-0.25, -0.2) is 10.3 Å². The Bertz CT molecular complexity index is 253. The fraction of sp³-hybridized carbons (Fsp3) is 0. The topological polar surface area (TPSA) is 26.5 Å². The number of rotatable bonds is 0. The molecule has 2 heteroatoms. The minimum Gasteiger partial charge on any atom is -0.235 e. The molecule has 1 aliphatic heterocycles. The SMILES string of the molecule is [c]1cccc2c1[N]C=N2. The minimum atomic E-state index is 0.845. The van der Waals surface area contributed by atoms with Gasteiger partial charge in [-0.2, -0.15) is 0 Å². The van der Waals surface area contributed by atoms with Crippen molar-refractivity contribution in [3.63, 3.8) is 0 Å². The van der Waals surface area contributed by atoms with Gasteiger partial charge in [0.25, 0.3) is 0 Å². The van der Waals surface area contributed by atoms with E-state index in [1.165, 1.54) is 0 Å². The predicted octanol–water partition coefficient (Wildman–Crippen LogP) is 1.40. The standard InChI is InChI=1S/C7H4N2/c1-2-4-7-6(3-1)8-5-9-7/h1-3,5H. The van der Waals surface area contributed by atoms with Gasteiger partial charge in [0.1, 0.15) is 6.34 Å². The molecule has 1 aromatic rings. The molecule has 9 heavy (non-hydrogen) atoms. The molecule has 0 bridgehead atoms. The Labute approximate surface area is 53.2 Å². The minimum absolute atomic E-state index is 0.845. The molecule has 0 atom stereocenters. The van der Waals surface area contributed by atoms with Gasteiger partial charge in [0, 0.05) is 6.07 Å². The normalized spacial score (nSPS) is 12.9. The van der Waals surface area contributed by atoms with E-state index in [-0.39, 0.29) is 0 Å². The van der Waals surface area contributed by atoms with E-state index < -0.39 is 0 Å². The average Bonchev–Trinajstić information content (AvgIpc) is 2.33. The van der Waals surface area contributed by atoms with E-state index in [4.69, 9.17) is 0 Å². The zero-order chi connectivity index (χ0) is 6.10. The van der Waals surface area contributed by atoms with Gasteiger partial charge < -0.3 is 0 Å². The molecule has 0 saturated carbocycles. The van der Waals surface area contributed by atoms with E-state index in [0.717, 1.165) is 11.4 Å². The number of fused-ring (bicyclic) bond motifs is 1. The summed E-state index contributed by atoms with van der Waals surface area (Å²) in [5, 5.41) is 3.95. The van der Waals surface area contributed by atoms with Crippen molar-refractivity contribution in [2.24, 2.45) is 4.99 Å².